The van der Waals surface area contributed by atoms with E-state index in [1.54, 1.807) is 41.0 Å². The predicted octanol–water partition coefficient (Wildman–Crippen LogP) is 2.21. The van der Waals surface area contributed by atoms with E-state index in [9.17, 15) is 8.42 Å². The zero-order chi connectivity index (χ0) is 18.9. The van der Waals surface area contributed by atoms with Crippen molar-refractivity contribution in [3.63, 3.8) is 0 Å². The standard InChI is InChI=1S/C19H24N4O3S/c1-15-4-2-5-17(12-15)27(24,25)23-10-6-19(7-11-23)13-16(14-26-19)22-18-20-8-3-9-21-18/h2-5,8-9,12,16H,6-7,10-11,13-14H2,1H3,(H,20,21,22)/t16-/m0/s1. The highest BCUT2D eigenvalue weighted by Gasteiger charge is 2.44. The minimum Gasteiger partial charge on any atom is -0.373 e. The van der Waals surface area contributed by atoms with Crippen molar-refractivity contribution in [3.8, 4) is 0 Å². The third-order valence-corrected chi connectivity index (χ3v) is 7.26. The summed E-state index contributed by atoms with van der Waals surface area (Å²) in [7, 11) is -3.45. The topological polar surface area (TPSA) is 84.4 Å². The highest BCUT2D eigenvalue weighted by Crippen LogP contribution is 2.38. The van der Waals surface area contributed by atoms with Crippen LogP contribution in [-0.4, -0.2) is 54.0 Å². The Balaban J connectivity index is 1.39. The van der Waals surface area contributed by atoms with Gasteiger partial charge in [0.15, 0.2) is 0 Å². The van der Waals surface area contributed by atoms with Gasteiger partial charge in [-0.2, -0.15) is 4.31 Å². The number of sulfonamides is 1. The van der Waals surface area contributed by atoms with Crippen molar-refractivity contribution in [2.45, 2.75) is 42.7 Å². The average Bonchev–Trinajstić information content (AvgIpc) is 3.05. The second kappa shape index (κ2) is 7.18. The fourth-order valence-electron chi connectivity index (χ4n) is 3.90. The average molecular weight is 388 g/mol. The Labute approximate surface area is 159 Å². The van der Waals surface area contributed by atoms with Crippen LogP contribution in [0.15, 0.2) is 47.6 Å². The van der Waals surface area contributed by atoms with E-state index in [1.165, 1.54) is 0 Å². The monoisotopic (exact) mass is 388 g/mol. The summed E-state index contributed by atoms with van der Waals surface area (Å²) in [4.78, 5) is 8.76. The number of hydrogen-bond acceptors (Lipinski definition) is 6. The number of nitrogens with zero attached hydrogens (tertiary/aromatic N) is 3. The van der Waals surface area contributed by atoms with Crippen LogP contribution >= 0.6 is 0 Å². The number of nitrogens with one attached hydrogen (secondary N) is 1. The molecule has 2 aliphatic rings. The van der Waals surface area contributed by atoms with Gasteiger partial charge in [-0.25, -0.2) is 18.4 Å². The Morgan fingerprint density at radius 2 is 1.93 bits per heavy atom. The van der Waals surface area contributed by atoms with Crippen molar-refractivity contribution in [3.05, 3.63) is 48.3 Å². The molecule has 0 aliphatic carbocycles. The summed E-state index contributed by atoms with van der Waals surface area (Å²) >= 11 is 0. The first-order chi connectivity index (χ1) is 13.0. The van der Waals surface area contributed by atoms with Crippen molar-refractivity contribution in [2.75, 3.05) is 25.0 Å². The van der Waals surface area contributed by atoms with Crippen molar-refractivity contribution in [1.82, 2.24) is 14.3 Å². The fraction of sp³-hybridized carbons (Fsp3) is 0.474. The van der Waals surface area contributed by atoms with Crippen LogP contribution in [0.25, 0.3) is 0 Å². The van der Waals surface area contributed by atoms with E-state index in [0.29, 0.717) is 43.4 Å². The van der Waals surface area contributed by atoms with Gasteiger partial charge in [0.25, 0.3) is 0 Å². The summed E-state index contributed by atoms with van der Waals surface area (Å²) in [5, 5.41) is 3.31. The van der Waals surface area contributed by atoms with Crippen molar-refractivity contribution in [2.24, 2.45) is 0 Å². The molecular formula is C19H24N4O3S. The van der Waals surface area contributed by atoms with Crippen LogP contribution in [0.2, 0.25) is 0 Å². The fourth-order valence-corrected chi connectivity index (χ4v) is 5.45. The molecule has 1 N–H and O–H groups in total. The molecule has 0 saturated carbocycles. The summed E-state index contributed by atoms with van der Waals surface area (Å²) in [6.45, 7) is 3.44. The summed E-state index contributed by atoms with van der Waals surface area (Å²) in [6.07, 6.45) is 5.65. The number of anilines is 1. The van der Waals surface area contributed by atoms with E-state index >= 15 is 0 Å². The second-order valence-corrected chi connectivity index (χ2v) is 9.27. The molecule has 0 amide bonds. The third-order valence-electron chi connectivity index (χ3n) is 5.37. The van der Waals surface area contributed by atoms with E-state index < -0.39 is 10.0 Å². The molecule has 0 bridgehead atoms. The van der Waals surface area contributed by atoms with Gasteiger partial charge in [-0.1, -0.05) is 12.1 Å². The third kappa shape index (κ3) is 3.83. The van der Waals surface area contributed by atoms with Gasteiger partial charge < -0.3 is 10.1 Å². The molecule has 8 heteroatoms. The lowest BCUT2D eigenvalue weighted by molar-refractivity contribution is -0.0310. The van der Waals surface area contributed by atoms with Gasteiger partial charge in [0.05, 0.1) is 23.1 Å². The summed E-state index contributed by atoms with van der Waals surface area (Å²) < 4.78 is 33.5. The van der Waals surface area contributed by atoms with Crippen LogP contribution in [0.3, 0.4) is 0 Å². The molecule has 1 aromatic carbocycles. The maximum Gasteiger partial charge on any atom is 0.243 e. The van der Waals surface area contributed by atoms with Crippen LogP contribution in [0.4, 0.5) is 5.95 Å². The number of hydrogen-bond donors (Lipinski definition) is 1. The molecule has 1 aromatic heterocycles. The molecule has 2 saturated heterocycles. The van der Waals surface area contributed by atoms with Gasteiger partial charge in [0.1, 0.15) is 0 Å². The van der Waals surface area contributed by atoms with Gasteiger partial charge in [-0.15, -0.1) is 0 Å². The highest BCUT2D eigenvalue weighted by molar-refractivity contribution is 7.89. The van der Waals surface area contributed by atoms with Crippen molar-refractivity contribution in [1.29, 1.82) is 0 Å². The molecule has 7 nitrogen and oxygen atoms in total. The molecule has 1 atom stereocenters. The Morgan fingerprint density at radius 1 is 1.19 bits per heavy atom. The van der Waals surface area contributed by atoms with E-state index in [4.69, 9.17) is 4.74 Å². The lowest BCUT2D eigenvalue weighted by Crippen LogP contribution is -2.46. The molecule has 3 heterocycles. The second-order valence-electron chi connectivity index (χ2n) is 7.33. The lowest BCUT2D eigenvalue weighted by Gasteiger charge is -2.38. The van der Waals surface area contributed by atoms with E-state index in [2.05, 4.69) is 15.3 Å². The molecule has 144 valence electrons. The summed E-state index contributed by atoms with van der Waals surface area (Å²) in [6, 6.07) is 9.01. The molecule has 0 radical (unpaired) electrons. The van der Waals surface area contributed by atoms with Crippen LogP contribution < -0.4 is 5.32 Å². The Hall–Kier alpha value is -2.03. The molecular weight excluding hydrogens is 364 g/mol. The van der Waals surface area contributed by atoms with Gasteiger partial charge in [0, 0.05) is 25.5 Å². The Morgan fingerprint density at radius 3 is 2.63 bits per heavy atom. The zero-order valence-electron chi connectivity index (χ0n) is 15.3. The first-order valence-electron chi connectivity index (χ1n) is 9.21. The quantitative estimate of drug-likeness (QED) is 0.864. The molecule has 27 heavy (non-hydrogen) atoms. The molecule has 2 fully saturated rings. The number of ether oxygens (including phenoxy) is 1. The normalized spacial score (nSPS) is 22.8. The number of rotatable bonds is 4. The number of benzene rings is 1. The first-order valence-corrected chi connectivity index (χ1v) is 10.7. The van der Waals surface area contributed by atoms with Crippen LogP contribution in [0, 0.1) is 6.92 Å². The molecule has 1 spiro atoms. The van der Waals surface area contributed by atoms with Gasteiger partial charge in [0.2, 0.25) is 16.0 Å². The van der Waals surface area contributed by atoms with Gasteiger partial charge in [-0.05, 0) is 49.9 Å². The van der Waals surface area contributed by atoms with E-state index in [1.807, 2.05) is 13.0 Å². The molecule has 2 aromatic rings. The Kier molecular flexibility index (Phi) is 4.88. The highest BCUT2D eigenvalue weighted by atomic mass is 32.2. The van der Waals surface area contributed by atoms with E-state index in [-0.39, 0.29) is 11.6 Å². The van der Waals surface area contributed by atoms with Crippen LogP contribution in [-0.2, 0) is 14.8 Å². The summed E-state index contributed by atoms with van der Waals surface area (Å²) in [5.74, 6) is 0.600. The van der Waals surface area contributed by atoms with Gasteiger partial charge >= 0.3 is 0 Å². The number of aryl methyl sites for hydroxylation is 1. The van der Waals surface area contributed by atoms with Gasteiger partial charge in [-0.3, -0.25) is 0 Å². The smallest absolute Gasteiger partial charge is 0.243 e. The van der Waals surface area contributed by atoms with Crippen molar-refractivity contribution >= 4 is 16.0 Å². The van der Waals surface area contributed by atoms with Crippen LogP contribution in [0.1, 0.15) is 24.8 Å². The van der Waals surface area contributed by atoms with E-state index in [0.717, 1.165) is 12.0 Å². The minimum absolute atomic E-state index is 0.146. The zero-order valence-corrected chi connectivity index (χ0v) is 16.2. The predicted molar refractivity (Wildman–Crippen MR) is 102 cm³/mol. The minimum atomic E-state index is -3.45. The maximum atomic E-state index is 12.9. The molecule has 2 aliphatic heterocycles. The Bertz CT molecular complexity index is 896. The number of aromatic nitrogens is 2. The SMILES string of the molecule is Cc1cccc(S(=O)(=O)N2CCC3(CC2)C[C@H](Nc2ncccn2)CO3)c1. The lowest BCUT2D eigenvalue weighted by atomic mass is 9.88. The largest absolute Gasteiger partial charge is 0.373 e. The number of piperidine rings is 1. The maximum absolute atomic E-state index is 12.9. The van der Waals surface area contributed by atoms with Crippen LogP contribution in [0.5, 0.6) is 0 Å². The first kappa shape index (κ1) is 18.3. The van der Waals surface area contributed by atoms with Crippen molar-refractivity contribution < 1.29 is 13.2 Å². The molecule has 0 unspecified atom stereocenters. The summed E-state index contributed by atoms with van der Waals surface area (Å²) in [5.41, 5.74) is 0.686. The molecule has 4 rings (SSSR count).